The van der Waals surface area contributed by atoms with E-state index in [1.165, 1.54) is 4.68 Å². The molecule has 0 bridgehead atoms. The zero-order valence-corrected chi connectivity index (χ0v) is 27.1. The summed E-state index contributed by atoms with van der Waals surface area (Å²) < 4.78 is 38.5. The van der Waals surface area contributed by atoms with E-state index in [-0.39, 0.29) is 6.54 Å². The standard InChI is InChI=1S/C27H28BF2I2N5O2/c1-14-23(31)16(3)33-25(14)22(26-15(2)24(32)17(4)37(26)28(29)30)19-10-8-18(9-11-19)20-12-36(35-34-20)13-21(38)39-27(5,6)7/h8-12H,13H2,1-7H3/b25-22-. The largest absolute Gasteiger partial charge is 0.677 e. The van der Waals surface area contributed by atoms with Gasteiger partial charge < -0.3 is 9.21 Å². The summed E-state index contributed by atoms with van der Waals surface area (Å²) >= 11 is 4.38. The van der Waals surface area contributed by atoms with Gasteiger partial charge in [0.1, 0.15) is 17.8 Å². The SMILES string of the molecule is CC1=N/C(=C(/c2ccc(-c3cn(CC(=O)OC(C)(C)C)nn3)cc2)c2c(C)c(I)c(C)n2B(F)F)C(C)=C1I. The molecule has 0 amide bonds. The topological polar surface area (TPSA) is 74.3 Å². The Morgan fingerprint density at radius 2 is 1.72 bits per heavy atom. The first-order valence-electron chi connectivity index (χ1n) is 12.2. The van der Waals surface area contributed by atoms with Crippen LogP contribution < -0.4 is 0 Å². The van der Waals surface area contributed by atoms with Gasteiger partial charge in [-0.3, -0.25) is 18.4 Å². The molecular weight excluding hydrogens is 729 g/mol. The summed E-state index contributed by atoms with van der Waals surface area (Å²) in [5, 5.41) is 8.26. The molecule has 3 heterocycles. The highest BCUT2D eigenvalue weighted by Gasteiger charge is 2.32. The van der Waals surface area contributed by atoms with Gasteiger partial charge in [0.15, 0.2) is 0 Å². The Hall–Kier alpha value is -2.36. The number of carbonyl (C=O) groups is 1. The summed E-state index contributed by atoms with van der Waals surface area (Å²) in [6.07, 6.45) is 1.68. The lowest BCUT2D eigenvalue weighted by atomic mass is 9.93. The van der Waals surface area contributed by atoms with Crippen LogP contribution in [0.1, 0.15) is 57.1 Å². The van der Waals surface area contributed by atoms with Crippen molar-refractivity contribution in [3.05, 3.63) is 71.4 Å². The average molecular weight is 757 g/mol. The van der Waals surface area contributed by atoms with Gasteiger partial charge in [-0.05, 0) is 110 Å². The zero-order chi connectivity index (χ0) is 28.8. The number of ether oxygens (including phenoxy) is 1. The number of hydrogen-bond acceptors (Lipinski definition) is 5. The summed E-state index contributed by atoms with van der Waals surface area (Å²) in [6, 6.07) is 7.52. The van der Waals surface area contributed by atoms with Crippen LogP contribution in [0, 0.1) is 17.4 Å². The third-order valence-electron chi connectivity index (χ3n) is 6.27. The van der Waals surface area contributed by atoms with E-state index in [1.807, 2.05) is 45.0 Å². The van der Waals surface area contributed by atoms with Crippen molar-refractivity contribution in [3.8, 4) is 11.3 Å². The third kappa shape index (κ3) is 6.05. The average Bonchev–Trinajstić information content (AvgIpc) is 3.47. The second-order valence-electron chi connectivity index (χ2n) is 10.3. The number of aliphatic imine (C=N–C) groups is 1. The minimum atomic E-state index is -2.70. The Kier molecular flexibility index (Phi) is 8.55. The van der Waals surface area contributed by atoms with Crippen LogP contribution in [0.25, 0.3) is 16.8 Å². The monoisotopic (exact) mass is 757 g/mol. The Balaban J connectivity index is 1.78. The smallest absolute Gasteiger partial charge is 0.459 e. The van der Waals surface area contributed by atoms with Crippen molar-refractivity contribution >= 4 is 69.8 Å². The van der Waals surface area contributed by atoms with Gasteiger partial charge in [-0.15, -0.1) is 5.10 Å². The number of nitrogens with zero attached hydrogens (tertiary/aromatic N) is 5. The number of aromatic nitrogens is 4. The molecule has 0 unspecified atom stereocenters. The Labute approximate surface area is 254 Å². The number of allylic oxidation sites excluding steroid dienone is 2. The van der Waals surface area contributed by atoms with Crippen LogP contribution in [-0.4, -0.2) is 44.2 Å². The molecule has 4 rings (SSSR count). The van der Waals surface area contributed by atoms with E-state index in [2.05, 4.69) is 55.5 Å². The fourth-order valence-corrected chi connectivity index (χ4v) is 5.40. The number of esters is 1. The van der Waals surface area contributed by atoms with E-state index in [0.717, 1.165) is 39.6 Å². The molecule has 0 spiro atoms. The number of hydrogen-bond donors (Lipinski definition) is 0. The fourth-order valence-electron chi connectivity index (χ4n) is 4.51. The molecule has 1 aliphatic rings. The van der Waals surface area contributed by atoms with E-state index in [4.69, 9.17) is 9.73 Å². The lowest BCUT2D eigenvalue weighted by Gasteiger charge is -2.19. The highest BCUT2D eigenvalue weighted by Crippen LogP contribution is 2.41. The van der Waals surface area contributed by atoms with Crippen molar-refractivity contribution in [2.45, 2.75) is 60.6 Å². The van der Waals surface area contributed by atoms with Gasteiger partial charge in [0, 0.05) is 29.7 Å². The normalized spacial score (nSPS) is 15.1. The van der Waals surface area contributed by atoms with Crippen LogP contribution in [0.4, 0.5) is 8.63 Å². The van der Waals surface area contributed by atoms with Crippen molar-refractivity contribution in [2.75, 3.05) is 0 Å². The zero-order valence-electron chi connectivity index (χ0n) is 22.7. The number of benzene rings is 1. The highest BCUT2D eigenvalue weighted by molar-refractivity contribution is 14.1. The quantitative estimate of drug-likeness (QED) is 0.154. The van der Waals surface area contributed by atoms with Crippen LogP contribution in [0.15, 0.2) is 50.3 Å². The molecule has 204 valence electrons. The molecule has 1 aliphatic heterocycles. The molecule has 0 N–H and O–H groups in total. The van der Waals surface area contributed by atoms with Crippen molar-refractivity contribution in [1.29, 1.82) is 0 Å². The van der Waals surface area contributed by atoms with Crippen LogP contribution in [-0.2, 0) is 16.1 Å². The third-order valence-corrected chi connectivity index (χ3v) is 9.45. The second kappa shape index (κ2) is 11.3. The second-order valence-corrected chi connectivity index (χ2v) is 12.5. The lowest BCUT2D eigenvalue weighted by molar-refractivity contribution is -0.155. The maximum Gasteiger partial charge on any atom is 0.677 e. The van der Waals surface area contributed by atoms with Gasteiger partial charge >= 0.3 is 13.4 Å². The van der Waals surface area contributed by atoms with Crippen LogP contribution >= 0.6 is 45.2 Å². The van der Waals surface area contributed by atoms with Crippen molar-refractivity contribution < 1.29 is 18.2 Å². The minimum Gasteiger partial charge on any atom is -0.459 e. The van der Waals surface area contributed by atoms with Crippen LogP contribution in [0.5, 0.6) is 0 Å². The van der Waals surface area contributed by atoms with Gasteiger partial charge in [0.2, 0.25) is 0 Å². The number of halogens is 4. The van der Waals surface area contributed by atoms with Crippen LogP contribution in [0.2, 0.25) is 0 Å². The maximum absolute atomic E-state index is 14.4. The minimum absolute atomic E-state index is 0.0535. The molecular formula is C27H28BF2I2N5O2. The van der Waals surface area contributed by atoms with E-state index < -0.39 is 19.0 Å². The molecule has 0 saturated carbocycles. The molecule has 0 radical (unpaired) electrons. The summed E-state index contributed by atoms with van der Waals surface area (Å²) in [4.78, 5) is 17.0. The summed E-state index contributed by atoms with van der Waals surface area (Å²) in [5.41, 5.74) is 6.44. The first-order valence-corrected chi connectivity index (χ1v) is 14.4. The van der Waals surface area contributed by atoms with Gasteiger partial charge in [-0.25, -0.2) is 4.68 Å². The van der Waals surface area contributed by atoms with Gasteiger partial charge in [0.05, 0.1) is 17.6 Å². The van der Waals surface area contributed by atoms with Gasteiger partial charge in [0.25, 0.3) is 0 Å². The molecule has 39 heavy (non-hydrogen) atoms. The molecule has 3 aromatic rings. The molecule has 0 fully saturated rings. The molecule has 12 heteroatoms. The Morgan fingerprint density at radius 3 is 2.26 bits per heavy atom. The highest BCUT2D eigenvalue weighted by atomic mass is 127. The van der Waals surface area contributed by atoms with E-state index in [9.17, 15) is 13.4 Å². The predicted molar refractivity (Wildman–Crippen MR) is 167 cm³/mol. The lowest BCUT2D eigenvalue weighted by Crippen LogP contribution is -2.26. The molecule has 2 aromatic heterocycles. The molecule has 0 saturated heterocycles. The summed E-state index contributed by atoms with van der Waals surface area (Å²) in [7, 11) is -2.70. The Bertz CT molecular complexity index is 1550. The summed E-state index contributed by atoms with van der Waals surface area (Å²) in [6.45, 7) is 12.8. The van der Waals surface area contributed by atoms with E-state index in [1.54, 1.807) is 33.9 Å². The van der Waals surface area contributed by atoms with E-state index >= 15 is 0 Å². The van der Waals surface area contributed by atoms with Gasteiger partial charge in [-0.1, -0.05) is 29.5 Å². The van der Waals surface area contributed by atoms with Crippen LogP contribution in [0.3, 0.4) is 0 Å². The first-order chi connectivity index (χ1) is 18.2. The fraction of sp³-hybridized carbons (Fsp3) is 0.333. The molecule has 0 atom stereocenters. The maximum atomic E-state index is 14.4. The van der Waals surface area contributed by atoms with Gasteiger partial charge in [-0.2, -0.15) is 0 Å². The molecule has 1 aromatic carbocycles. The van der Waals surface area contributed by atoms with Crippen molar-refractivity contribution in [1.82, 2.24) is 19.5 Å². The molecule has 7 nitrogen and oxygen atoms in total. The summed E-state index contributed by atoms with van der Waals surface area (Å²) in [5.74, 6) is -0.404. The van der Waals surface area contributed by atoms with Crippen molar-refractivity contribution in [2.24, 2.45) is 4.99 Å². The predicted octanol–water partition coefficient (Wildman–Crippen LogP) is 7.02. The Morgan fingerprint density at radius 1 is 1.08 bits per heavy atom. The number of rotatable bonds is 6. The van der Waals surface area contributed by atoms with Crippen molar-refractivity contribution in [3.63, 3.8) is 0 Å². The first kappa shape index (κ1) is 29.6. The van der Waals surface area contributed by atoms with E-state index in [0.29, 0.717) is 28.4 Å². The number of carbonyl (C=O) groups excluding carboxylic acids is 1. The molecule has 0 aliphatic carbocycles.